The Bertz CT molecular complexity index is 573. The van der Waals surface area contributed by atoms with Crippen molar-refractivity contribution in [2.45, 2.75) is 6.42 Å². The van der Waals surface area contributed by atoms with Crippen LogP contribution in [0, 0.1) is 11.3 Å². The Morgan fingerprint density at radius 2 is 2.00 bits per heavy atom. The van der Waals surface area contributed by atoms with Gasteiger partial charge in [0.1, 0.15) is 17.4 Å². The lowest BCUT2D eigenvalue weighted by atomic mass is 10.1. The van der Waals surface area contributed by atoms with Crippen molar-refractivity contribution in [3.8, 4) is 17.7 Å². The van der Waals surface area contributed by atoms with Gasteiger partial charge in [0.15, 0.2) is 0 Å². The van der Waals surface area contributed by atoms with Crippen molar-refractivity contribution < 1.29 is 9.47 Å². The summed E-state index contributed by atoms with van der Waals surface area (Å²) in [6, 6.07) is 13.1. The number of nitrogens with zero attached hydrogens (tertiary/aromatic N) is 2. The summed E-state index contributed by atoms with van der Waals surface area (Å²) in [5.41, 5.74) is 1.60. The summed E-state index contributed by atoms with van der Waals surface area (Å²) >= 11 is 0. The molecule has 96 valence electrons. The molecule has 0 atom stereocenters. The lowest BCUT2D eigenvalue weighted by molar-refractivity contribution is 0.202. The van der Waals surface area contributed by atoms with Gasteiger partial charge in [-0.25, -0.2) is 4.98 Å². The predicted octanol–water partition coefficient (Wildman–Crippen LogP) is 2.93. The summed E-state index contributed by atoms with van der Waals surface area (Å²) in [6.45, 7) is 0.693. The molecule has 0 saturated carbocycles. The van der Waals surface area contributed by atoms with Crippen molar-refractivity contribution in [2.75, 3.05) is 13.7 Å². The fourth-order valence-electron chi connectivity index (χ4n) is 1.61. The van der Waals surface area contributed by atoms with Crippen LogP contribution in [0.2, 0.25) is 0 Å². The summed E-state index contributed by atoms with van der Waals surface area (Å²) in [5.74, 6) is 0.992. The van der Waals surface area contributed by atoms with Crippen LogP contribution in [0.25, 0.3) is 0 Å². The van der Waals surface area contributed by atoms with Crippen molar-refractivity contribution in [1.29, 1.82) is 5.26 Å². The molecular formula is C15H14N2O2. The number of pyridine rings is 1. The molecule has 0 bridgehead atoms. The average Bonchev–Trinajstić information content (AvgIpc) is 2.47. The Balaban J connectivity index is 2.09. The van der Waals surface area contributed by atoms with Crippen LogP contribution in [-0.4, -0.2) is 18.7 Å². The van der Waals surface area contributed by atoms with E-state index in [1.54, 1.807) is 25.4 Å². The standard InChI is InChI=1S/C15H14N2O2/c1-18-10-8-12-4-6-14(7-5-12)19-15-13(11-16)3-2-9-17-15/h2-7,9H,8,10H2,1H3. The molecule has 0 aliphatic rings. The first kappa shape index (κ1) is 13.1. The summed E-state index contributed by atoms with van der Waals surface area (Å²) in [4.78, 5) is 4.05. The van der Waals surface area contributed by atoms with Gasteiger partial charge in [0.25, 0.3) is 0 Å². The van der Waals surface area contributed by atoms with Gasteiger partial charge in [0.2, 0.25) is 5.88 Å². The van der Waals surface area contributed by atoms with E-state index in [1.165, 1.54) is 5.56 Å². The highest BCUT2D eigenvalue weighted by molar-refractivity contribution is 5.40. The van der Waals surface area contributed by atoms with Crippen LogP contribution in [0.15, 0.2) is 42.6 Å². The van der Waals surface area contributed by atoms with Crippen molar-refractivity contribution in [3.63, 3.8) is 0 Å². The number of ether oxygens (including phenoxy) is 2. The van der Waals surface area contributed by atoms with E-state index in [0.29, 0.717) is 23.8 Å². The maximum absolute atomic E-state index is 8.95. The van der Waals surface area contributed by atoms with E-state index in [0.717, 1.165) is 6.42 Å². The summed E-state index contributed by atoms with van der Waals surface area (Å²) in [5, 5.41) is 8.95. The first-order valence-corrected chi connectivity index (χ1v) is 5.94. The number of rotatable bonds is 5. The van der Waals surface area contributed by atoms with E-state index in [1.807, 2.05) is 24.3 Å². The van der Waals surface area contributed by atoms with Gasteiger partial charge in [-0.05, 0) is 36.2 Å². The molecule has 0 unspecified atom stereocenters. The van der Waals surface area contributed by atoms with E-state index in [4.69, 9.17) is 14.7 Å². The number of aromatic nitrogens is 1. The van der Waals surface area contributed by atoms with Gasteiger partial charge < -0.3 is 9.47 Å². The number of methoxy groups -OCH3 is 1. The molecular weight excluding hydrogens is 240 g/mol. The van der Waals surface area contributed by atoms with Gasteiger partial charge in [-0.3, -0.25) is 0 Å². The number of hydrogen-bond donors (Lipinski definition) is 0. The van der Waals surface area contributed by atoms with Crippen LogP contribution in [-0.2, 0) is 11.2 Å². The number of nitriles is 1. The smallest absolute Gasteiger partial charge is 0.237 e. The fourth-order valence-corrected chi connectivity index (χ4v) is 1.61. The van der Waals surface area contributed by atoms with Crippen molar-refractivity contribution in [3.05, 3.63) is 53.7 Å². The molecule has 0 fully saturated rings. The second-order valence-electron chi connectivity index (χ2n) is 3.96. The van der Waals surface area contributed by atoms with Gasteiger partial charge in [-0.2, -0.15) is 5.26 Å². The first-order chi connectivity index (χ1) is 9.33. The zero-order valence-electron chi connectivity index (χ0n) is 10.7. The molecule has 2 rings (SSSR count). The zero-order valence-corrected chi connectivity index (χ0v) is 10.7. The minimum atomic E-state index is 0.328. The largest absolute Gasteiger partial charge is 0.438 e. The highest BCUT2D eigenvalue weighted by Crippen LogP contribution is 2.22. The Morgan fingerprint density at radius 3 is 2.68 bits per heavy atom. The highest BCUT2D eigenvalue weighted by Gasteiger charge is 2.05. The third-order valence-corrected chi connectivity index (χ3v) is 2.62. The molecule has 0 spiro atoms. The van der Waals surface area contributed by atoms with Crippen LogP contribution in [0.3, 0.4) is 0 Å². The molecule has 19 heavy (non-hydrogen) atoms. The van der Waals surface area contributed by atoms with E-state index in [2.05, 4.69) is 11.1 Å². The predicted molar refractivity (Wildman–Crippen MR) is 71.0 cm³/mol. The molecule has 0 saturated heterocycles. The topological polar surface area (TPSA) is 55.1 Å². The van der Waals surface area contributed by atoms with Gasteiger partial charge >= 0.3 is 0 Å². The summed E-state index contributed by atoms with van der Waals surface area (Å²) in [6.07, 6.45) is 2.47. The molecule has 4 nitrogen and oxygen atoms in total. The molecule has 1 aromatic carbocycles. The fraction of sp³-hybridized carbons (Fsp3) is 0.200. The van der Waals surface area contributed by atoms with Gasteiger partial charge in [0, 0.05) is 13.3 Å². The molecule has 0 aliphatic heterocycles. The number of benzene rings is 1. The quantitative estimate of drug-likeness (QED) is 0.823. The van der Waals surface area contributed by atoms with Crippen LogP contribution < -0.4 is 4.74 Å². The Morgan fingerprint density at radius 1 is 1.21 bits per heavy atom. The monoisotopic (exact) mass is 254 g/mol. The molecule has 0 amide bonds. The van der Waals surface area contributed by atoms with Crippen molar-refractivity contribution in [1.82, 2.24) is 4.98 Å². The lowest BCUT2D eigenvalue weighted by Gasteiger charge is -2.06. The van der Waals surface area contributed by atoms with Crippen molar-refractivity contribution in [2.24, 2.45) is 0 Å². The molecule has 4 heteroatoms. The zero-order chi connectivity index (χ0) is 13.5. The second kappa shape index (κ2) is 6.53. The molecule has 0 radical (unpaired) electrons. The van der Waals surface area contributed by atoms with Gasteiger partial charge in [-0.15, -0.1) is 0 Å². The summed E-state index contributed by atoms with van der Waals surface area (Å²) < 4.78 is 10.6. The highest BCUT2D eigenvalue weighted by atomic mass is 16.5. The second-order valence-corrected chi connectivity index (χ2v) is 3.96. The van der Waals surface area contributed by atoms with E-state index in [9.17, 15) is 0 Å². The third-order valence-electron chi connectivity index (χ3n) is 2.62. The normalized spacial score (nSPS) is 9.89. The van der Waals surface area contributed by atoms with Gasteiger partial charge in [0.05, 0.1) is 6.61 Å². The minimum absolute atomic E-state index is 0.328. The Labute approximate surface area is 112 Å². The van der Waals surface area contributed by atoms with Crippen LogP contribution in [0.1, 0.15) is 11.1 Å². The minimum Gasteiger partial charge on any atom is -0.438 e. The summed E-state index contributed by atoms with van der Waals surface area (Å²) in [7, 11) is 1.68. The third kappa shape index (κ3) is 3.54. The van der Waals surface area contributed by atoms with E-state index in [-0.39, 0.29) is 0 Å². The van der Waals surface area contributed by atoms with Gasteiger partial charge in [-0.1, -0.05) is 12.1 Å². The van der Waals surface area contributed by atoms with E-state index < -0.39 is 0 Å². The Hall–Kier alpha value is -2.38. The lowest BCUT2D eigenvalue weighted by Crippen LogP contribution is -1.95. The molecule has 1 aromatic heterocycles. The SMILES string of the molecule is COCCc1ccc(Oc2ncccc2C#N)cc1. The number of hydrogen-bond acceptors (Lipinski definition) is 4. The van der Waals surface area contributed by atoms with E-state index >= 15 is 0 Å². The Kier molecular flexibility index (Phi) is 4.49. The maximum Gasteiger partial charge on any atom is 0.237 e. The first-order valence-electron chi connectivity index (χ1n) is 5.94. The maximum atomic E-state index is 8.95. The van der Waals surface area contributed by atoms with Crippen LogP contribution >= 0.6 is 0 Å². The van der Waals surface area contributed by atoms with Crippen molar-refractivity contribution >= 4 is 0 Å². The van der Waals surface area contributed by atoms with Crippen LogP contribution in [0.5, 0.6) is 11.6 Å². The molecule has 0 aliphatic carbocycles. The van der Waals surface area contributed by atoms with Crippen LogP contribution in [0.4, 0.5) is 0 Å². The molecule has 1 heterocycles. The molecule has 2 aromatic rings. The average molecular weight is 254 g/mol. The molecule has 0 N–H and O–H groups in total.